The van der Waals surface area contributed by atoms with Crippen LogP contribution in [0.15, 0.2) is 73.1 Å². The zero-order chi connectivity index (χ0) is 20.2. The number of hydrogen-bond donors (Lipinski definition) is 2. The number of aromatic nitrogens is 4. The van der Waals surface area contributed by atoms with E-state index in [1.165, 1.54) is 10.9 Å². The third kappa shape index (κ3) is 4.35. The molecule has 0 aliphatic heterocycles. The van der Waals surface area contributed by atoms with Crippen LogP contribution >= 0.6 is 0 Å². The third-order valence-corrected chi connectivity index (χ3v) is 4.05. The van der Waals surface area contributed by atoms with Crippen molar-refractivity contribution in [2.24, 2.45) is 0 Å². The number of nitro groups is 1. The van der Waals surface area contributed by atoms with Crippen LogP contribution < -0.4 is 10.6 Å². The molecule has 2 aromatic heterocycles. The van der Waals surface area contributed by atoms with Gasteiger partial charge in [0.05, 0.1) is 4.92 Å². The van der Waals surface area contributed by atoms with Gasteiger partial charge < -0.3 is 10.6 Å². The molecule has 4 rings (SSSR count). The number of nitrogens with one attached hydrogen (secondary N) is 2. The highest BCUT2D eigenvalue weighted by atomic mass is 16.6. The Morgan fingerprint density at radius 2 is 1.59 bits per heavy atom. The number of nitrogens with zero attached hydrogens (tertiary/aromatic N) is 5. The first-order chi connectivity index (χ1) is 14.1. The van der Waals surface area contributed by atoms with Gasteiger partial charge in [-0.25, -0.2) is 4.98 Å². The van der Waals surface area contributed by atoms with Crippen molar-refractivity contribution in [2.45, 2.75) is 6.92 Å². The molecule has 0 saturated carbocycles. The van der Waals surface area contributed by atoms with Crippen LogP contribution in [-0.4, -0.2) is 24.7 Å². The van der Waals surface area contributed by atoms with E-state index in [1.807, 2.05) is 61.5 Å². The predicted octanol–water partition coefficient (Wildman–Crippen LogP) is 4.37. The van der Waals surface area contributed by atoms with Gasteiger partial charge in [0, 0.05) is 28.8 Å². The second-order valence-electron chi connectivity index (χ2n) is 6.29. The molecule has 9 nitrogen and oxygen atoms in total. The summed E-state index contributed by atoms with van der Waals surface area (Å²) in [6, 6.07) is 19.5. The topological polar surface area (TPSA) is 111 Å². The molecule has 0 aliphatic rings. The zero-order valence-electron chi connectivity index (χ0n) is 15.5. The van der Waals surface area contributed by atoms with Gasteiger partial charge in [-0.2, -0.15) is 14.8 Å². The van der Waals surface area contributed by atoms with Crippen LogP contribution in [0.3, 0.4) is 0 Å². The molecule has 0 radical (unpaired) electrons. The summed E-state index contributed by atoms with van der Waals surface area (Å²) in [6.45, 7) is 1.82. The molecule has 0 fully saturated rings. The summed E-state index contributed by atoms with van der Waals surface area (Å²) < 4.78 is 1.28. The Labute approximate surface area is 166 Å². The number of hydrogen-bond acceptors (Lipinski definition) is 7. The minimum Gasteiger partial charge on any atom is -0.356 e. The summed E-state index contributed by atoms with van der Waals surface area (Å²) in [7, 11) is 0. The SMILES string of the molecule is Cc1cc(Nc2ccc(Nc3ccccc3)cc2)nc(-n2cc([N+](=O)[O-])cn2)n1. The Bertz CT molecular complexity index is 1140. The second kappa shape index (κ2) is 7.77. The summed E-state index contributed by atoms with van der Waals surface area (Å²) in [5.41, 5.74) is 3.41. The van der Waals surface area contributed by atoms with E-state index in [9.17, 15) is 10.1 Å². The van der Waals surface area contributed by atoms with E-state index in [2.05, 4.69) is 25.7 Å². The van der Waals surface area contributed by atoms with Crippen LogP contribution in [0.2, 0.25) is 0 Å². The highest BCUT2D eigenvalue weighted by molar-refractivity contribution is 5.64. The monoisotopic (exact) mass is 387 g/mol. The fourth-order valence-electron chi connectivity index (χ4n) is 2.71. The molecule has 2 heterocycles. The summed E-state index contributed by atoms with van der Waals surface area (Å²) in [5, 5.41) is 21.4. The largest absolute Gasteiger partial charge is 0.356 e. The highest BCUT2D eigenvalue weighted by Crippen LogP contribution is 2.21. The minimum atomic E-state index is -0.510. The Hall–Kier alpha value is -4.27. The number of para-hydroxylation sites is 1. The number of rotatable bonds is 6. The maximum Gasteiger partial charge on any atom is 0.307 e. The van der Waals surface area contributed by atoms with E-state index in [4.69, 9.17) is 0 Å². The van der Waals surface area contributed by atoms with Crippen molar-refractivity contribution < 1.29 is 4.92 Å². The van der Waals surface area contributed by atoms with Gasteiger partial charge in [0.15, 0.2) is 0 Å². The smallest absolute Gasteiger partial charge is 0.307 e. The lowest BCUT2D eigenvalue weighted by Crippen LogP contribution is -2.05. The van der Waals surface area contributed by atoms with E-state index < -0.39 is 4.92 Å². The maximum absolute atomic E-state index is 10.9. The molecule has 0 bridgehead atoms. The lowest BCUT2D eigenvalue weighted by atomic mass is 10.2. The Kier molecular flexibility index (Phi) is 4.85. The fraction of sp³-hybridized carbons (Fsp3) is 0.0500. The van der Waals surface area contributed by atoms with Crippen LogP contribution in [0.4, 0.5) is 28.6 Å². The van der Waals surface area contributed by atoms with Crippen molar-refractivity contribution in [3.63, 3.8) is 0 Å². The third-order valence-electron chi connectivity index (χ3n) is 4.05. The Balaban J connectivity index is 1.51. The van der Waals surface area contributed by atoms with Crippen LogP contribution in [-0.2, 0) is 0 Å². The Morgan fingerprint density at radius 1 is 0.931 bits per heavy atom. The van der Waals surface area contributed by atoms with Crippen LogP contribution in [0.25, 0.3) is 5.95 Å². The van der Waals surface area contributed by atoms with E-state index in [-0.39, 0.29) is 11.6 Å². The fourth-order valence-corrected chi connectivity index (χ4v) is 2.71. The first-order valence-electron chi connectivity index (χ1n) is 8.81. The quantitative estimate of drug-likeness (QED) is 0.373. The minimum absolute atomic E-state index is 0.119. The molecule has 0 spiro atoms. The van der Waals surface area contributed by atoms with Crippen molar-refractivity contribution in [3.05, 3.63) is 88.9 Å². The van der Waals surface area contributed by atoms with Gasteiger partial charge in [-0.15, -0.1) is 0 Å². The molecule has 144 valence electrons. The number of benzene rings is 2. The van der Waals surface area contributed by atoms with Gasteiger partial charge in [-0.1, -0.05) is 18.2 Å². The van der Waals surface area contributed by atoms with Crippen molar-refractivity contribution in [1.82, 2.24) is 19.7 Å². The lowest BCUT2D eigenvalue weighted by Gasteiger charge is -2.10. The summed E-state index contributed by atoms with van der Waals surface area (Å²) in [6.07, 6.45) is 2.44. The lowest BCUT2D eigenvalue weighted by molar-refractivity contribution is -0.384. The number of aryl methyl sites for hydroxylation is 1. The first kappa shape index (κ1) is 18.1. The molecule has 0 amide bonds. The normalized spacial score (nSPS) is 10.5. The highest BCUT2D eigenvalue weighted by Gasteiger charge is 2.12. The summed E-state index contributed by atoms with van der Waals surface area (Å²) >= 11 is 0. The molecule has 0 aliphatic carbocycles. The zero-order valence-corrected chi connectivity index (χ0v) is 15.5. The molecule has 2 N–H and O–H groups in total. The number of anilines is 4. The molecule has 0 atom stereocenters. The molecule has 9 heteroatoms. The second-order valence-corrected chi connectivity index (χ2v) is 6.29. The predicted molar refractivity (Wildman–Crippen MR) is 110 cm³/mol. The maximum atomic E-state index is 10.9. The summed E-state index contributed by atoms with van der Waals surface area (Å²) in [4.78, 5) is 19.0. The van der Waals surface area contributed by atoms with Gasteiger partial charge in [-0.05, 0) is 43.3 Å². The van der Waals surface area contributed by atoms with Crippen LogP contribution in [0, 0.1) is 17.0 Å². The van der Waals surface area contributed by atoms with Crippen molar-refractivity contribution in [2.75, 3.05) is 10.6 Å². The molecular formula is C20H17N7O2. The van der Waals surface area contributed by atoms with E-state index in [1.54, 1.807) is 6.07 Å². The molecule has 4 aromatic rings. The van der Waals surface area contributed by atoms with Gasteiger partial charge in [-0.3, -0.25) is 10.1 Å². The van der Waals surface area contributed by atoms with Gasteiger partial charge >= 0.3 is 5.69 Å². The standard InChI is InChI=1S/C20H17N7O2/c1-14-11-19(25-20(22-14)26-13-18(12-21-26)27(28)29)24-17-9-7-16(8-10-17)23-15-5-3-2-4-6-15/h2-13,23H,1H3,(H,22,24,25). The first-order valence-corrected chi connectivity index (χ1v) is 8.81. The van der Waals surface area contributed by atoms with E-state index >= 15 is 0 Å². The average Bonchev–Trinajstić information content (AvgIpc) is 3.21. The molecule has 0 unspecified atom stereocenters. The van der Waals surface area contributed by atoms with E-state index in [0.717, 1.165) is 23.3 Å². The van der Waals surface area contributed by atoms with Crippen LogP contribution in [0.5, 0.6) is 0 Å². The Morgan fingerprint density at radius 3 is 2.24 bits per heavy atom. The molecule has 29 heavy (non-hydrogen) atoms. The summed E-state index contributed by atoms with van der Waals surface area (Å²) in [5.74, 6) is 0.817. The van der Waals surface area contributed by atoms with E-state index in [0.29, 0.717) is 11.5 Å². The van der Waals surface area contributed by atoms with Gasteiger partial charge in [0.2, 0.25) is 0 Å². The van der Waals surface area contributed by atoms with Crippen molar-refractivity contribution in [1.29, 1.82) is 0 Å². The average molecular weight is 387 g/mol. The van der Waals surface area contributed by atoms with Gasteiger partial charge in [0.25, 0.3) is 5.95 Å². The van der Waals surface area contributed by atoms with Gasteiger partial charge in [0.1, 0.15) is 18.2 Å². The van der Waals surface area contributed by atoms with Crippen LogP contribution in [0.1, 0.15) is 5.69 Å². The molecule has 0 saturated heterocycles. The van der Waals surface area contributed by atoms with Crippen molar-refractivity contribution in [3.8, 4) is 5.95 Å². The molecular weight excluding hydrogens is 370 g/mol. The molecule has 2 aromatic carbocycles. The van der Waals surface area contributed by atoms with Crippen molar-refractivity contribution >= 4 is 28.6 Å².